The zero-order valence-electron chi connectivity index (χ0n) is 9.05. The van der Waals surface area contributed by atoms with Gasteiger partial charge in [0.25, 0.3) is 5.56 Å². The van der Waals surface area contributed by atoms with Crippen LogP contribution in [0.1, 0.15) is 37.6 Å². The summed E-state index contributed by atoms with van der Waals surface area (Å²) < 4.78 is 0. The van der Waals surface area contributed by atoms with Gasteiger partial charge < -0.3 is 10.7 Å². The normalized spacial score (nSPS) is 15.5. The van der Waals surface area contributed by atoms with E-state index in [0.29, 0.717) is 23.7 Å². The fourth-order valence-electron chi connectivity index (χ4n) is 1.75. The maximum Gasteiger partial charge on any atom is 0.256 e. The van der Waals surface area contributed by atoms with Gasteiger partial charge in [0.2, 0.25) is 0 Å². The summed E-state index contributed by atoms with van der Waals surface area (Å²) in [5.74, 6) is 1.88. The number of aromatic amines is 1. The molecule has 82 valence electrons. The summed E-state index contributed by atoms with van der Waals surface area (Å²) in [5.41, 5.74) is 6.35. The molecule has 0 bridgehead atoms. The Morgan fingerprint density at radius 2 is 2.27 bits per heavy atom. The minimum Gasteiger partial charge on any atom is -0.383 e. The molecule has 4 heteroatoms. The zero-order valence-corrected chi connectivity index (χ0v) is 9.05. The molecule has 0 spiro atoms. The Balaban J connectivity index is 2.24. The Hall–Kier alpha value is -1.32. The lowest BCUT2D eigenvalue weighted by atomic mass is 10.2. The van der Waals surface area contributed by atoms with Crippen molar-refractivity contribution in [1.29, 1.82) is 0 Å². The van der Waals surface area contributed by atoms with Gasteiger partial charge in [0.05, 0.1) is 5.56 Å². The fraction of sp³-hybridized carbons (Fsp3) is 0.636. The Kier molecular flexibility index (Phi) is 2.75. The molecule has 1 fully saturated rings. The highest BCUT2D eigenvalue weighted by Gasteiger charge is 2.23. The summed E-state index contributed by atoms with van der Waals surface area (Å²) in [6.07, 6.45) is 4.99. The molecular weight excluding hydrogens is 190 g/mol. The molecule has 4 nitrogen and oxygen atoms in total. The number of nitrogens with zero attached hydrogens (tertiary/aromatic N) is 1. The van der Waals surface area contributed by atoms with E-state index >= 15 is 0 Å². The molecule has 1 aliphatic rings. The predicted molar refractivity (Wildman–Crippen MR) is 59.7 cm³/mol. The molecule has 1 aromatic rings. The quantitative estimate of drug-likeness (QED) is 0.780. The summed E-state index contributed by atoms with van der Waals surface area (Å²) in [6, 6.07) is 0. The topological polar surface area (TPSA) is 71.8 Å². The Morgan fingerprint density at radius 3 is 2.80 bits per heavy atom. The molecule has 2 rings (SSSR count). The average Bonchev–Trinajstić information content (AvgIpc) is 2.95. The first kappa shape index (κ1) is 10.2. The molecule has 0 saturated heterocycles. The van der Waals surface area contributed by atoms with E-state index in [1.165, 1.54) is 12.8 Å². The first-order valence-electron chi connectivity index (χ1n) is 5.58. The van der Waals surface area contributed by atoms with Crippen LogP contribution in [0.5, 0.6) is 0 Å². The predicted octanol–water partition coefficient (Wildman–Crippen LogP) is 1.26. The van der Waals surface area contributed by atoms with E-state index in [4.69, 9.17) is 5.73 Å². The first-order chi connectivity index (χ1) is 7.20. The second-order valence-electron chi connectivity index (χ2n) is 4.27. The summed E-state index contributed by atoms with van der Waals surface area (Å²) in [5, 5.41) is 0. The van der Waals surface area contributed by atoms with Crippen molar-refractivity contribution in [2.24, 2.45) is 5.92 Å². The van der Waals surface area contributed by atoms with Gasteiger partial charge >= 0.3 is 0 Å². The number of H-pyrrole nitrogens is 1. The molecule has 1 heterocycles. The molecule has 0 aliphatic heterocycles. The smallest absolute Gasteiger partial charge is 0.256 e. The lowest BCUT2D eigenvalue weighted by molar-refractivity contribution is 0.756. The van der Waals surface area contributed by atoms with E-state index in [2.05, 4.69) is 9.97 Å². The van der Waals surface area contributed by atoms with E-state index in [1.807, 2.05) is 6.92 Å². The van der Waals surface area contributed by atoms with Gasteiger partial charge in [-0.25, -0.2) is 4.98 Å². The van der Waals surface area contributed by atoms with Crippen molar-refractivity contribution in [3.05, 3.63) is 21.7 Å². The average molecular weight is 207 g/mol. The van der Waals surface area contributed by atoms with Gasteiger partial charge in [-0.05, 0) is 25.2 Å². The number of anilines is 1. The van der Waals surface area contributed by atoms with Crippen molar-refractivity contribution < 1.29 is 0 Å². The van der Waals surface area contributed by atoms with E-state index in [0.717, 1.165) is 18.7 Å². The molecule has 0 aromatic carbocycles. The second kappa shape index (κ2) is 4.04. The minimum atomic E-state index is -0.0556. The SMILES string of the molecule is CCCc1c(N)nc(CC2CC2)[nH]c1=O. The third-order valence-corrected chi connectivity index (χ3v) is 2.78. The Labute approximate surface area is 88.9 Å². The number of nitrogens with two attached hydrogens (primary N) is 1. The molecule has 1 saturated carbocycles. The van der Waals surface area contributed by atoms with Crippen molar-refractivity contribution >= 4 is 5.82 Å². The number of nitrogen functional groups attached to an aromatic ring is 1. The van der Waals surface area contributed by atoms with E-state index in [-0.39, 0.29) is 5.56 Å². The van der Waals surface area contributed by atoms with Crippen LogP contribution in [0.15, 0.2) is 4.79 Å². The lowest BCUT2D eigenvalue weighted by Gasteiger charge is -2.05. The van der Waals surface area contributed by atoms with Gasteiger partial charge in [-0.1, -0.05) is 13.3 Å². The number of hydrogen-bond donors (Lipinski definition) is 2. The number of nitrogens with one attached hydrogen (secondary N) is 1. The van der Waals surface area contributed by atoms with Crippen molar-refractivity contribution in [2.75, 3.05) is 5.73 Å². The number of aromatic nitrogens is 2. The molecule has 1 aromatic heterocycles. The minimum absolute atomic E-state index is 0.0556. The summed E-state index contributed by atoms with van der Waals surface area (Å²) in [4.78, 5) is 18.8. The Bertz CT molecular complexity index is 407. The molecular formula is C11H17N3O. The first-order valence-corrected chi connectivity index (χ1v) is 5.58. The van der Waals surface area contributed by atoms with Crippen LogP contribution in [0.2, 0.25) is 0 Å². The van der Waals surface area contributed by atoms with Gasteiger partial charge in [-0.3, -0.25) is 4.79 Å². The largest absolute Gasteiger partial charge is 0.383 e. The molecule has 3 N–H and O–H groups in total. The lowest BCUT2D eigenvalue weighted by Crippen LogP contribution is -2.20. The highest BCUT2D eigenvalue weighted by Crippen LogP contribution is 2.31. The van der Waals surface area contributed by atoms with Gasteiger partial charge in [0.1, 0.15) is 11.6 Å². The maximum atomic E-state index is 11.7. The highest BCUT2D eigenvalue weighted by molar-refractivity contribution is 5.37. The van der Waals surface area contributed by atoms with Crippen LogP contribution in [0.3, 0.4) is 0 Å². The maximum absolute atomic E-state index is 11.7. The van der Waals surface area contributed by atoms with E-state index < -0.39 is 0 Å². The fourth-order valence-corrected chi connectivity index (χ4v) is 1.75. The summed E-state index contributed by atoms with van der Waals surface area (Å²) >= 11 is 0. The monoisotopic (exact) mass is 207 g/mol. The van der Waals surface area contributed by atoms with Gasteiger partial charge in [0.15, 0.2) is 0 Å². The van der Waals surface area contributed by atoms with Crippen LogP contribution >= 0.6 is 0 Å². The van der Waals surface area contributed by atoms with Gasteiger partial charge in [-0.2, -0.15) is 0 Å². The summed E-state index contributed by atoms with van der Waals surface area (Å²) in [6.45, 7) is 2.02. The molecule has 0 amide bonds. The van der Waals surface area contributed by atoms with E-state index in [1.54, 1.807) is 0 Å². The number of hydrogen-bond acceptors (Lipinski definition) is 3. The van der Waals surface area contributed by atoms with Crippen molar-refractivity contribution in [1.82, 2.24) is 9.97 Å². The molecule has 0 radical (unpaired) electrons. The van der Waals surface area contributed by atoms with Crippen molar-refractivity contribution in [3.63, 3.8) is 0 Å². The highest BCUT2D eigenvalue weighted by atomic mass is 16.1. The molecule has 1 aliphatic carbocycles. The molecule has 0 unspecified atom stereocenters. The number of rotatable bonds is 4. The zero-order chi connectivity index (χ0) is 10.8. The van der Waals surface area contributed by atoms with Crippen LogP contribution in [0.4, 0.5) is 5.82 Å². The second-order valence-corrected chi connectivity index (χ2v) is 4.27. The van der Waals surface area contributed by atoms with Gasteiger partial charge in [0, 0.05) is 6.42 Å². The van der Waals surface area contributed by atoms with Crippen molar-refractivity contribution in [3.8, 4) is 0 Å². The molecule has 15 heavy (non-hydrogen) atoms. The standard InChI is InChI=1S/C11H17N3O/c1-2-3-8-10(12)13-9(14-11(8)15)6-7-4-5-7/h7H,2-6H2,1H3,(H3,12,13,14,15). The molecule has 0 atom stereocenters. The summed E-state index contributed by atoms with van der Waals surface area (Å²) in [7, 11) is 0. The third-order valence-electron chi connectivity index (χ3n) is 2.78. The van der Waals surface area contributed by atoms with Crippen molar-refractivity contribution in [2.45, 2.75) is 39.0 Å². The van der Waals surface area contributed by atoms with E-state index in [9.17, 15) is 4.79 Å². The van der Waals surface area contributed by atoms with Crippen LogP contribution in [-0.4, -0.2) is 9.97 Å². The van der Waals surface area contributed by atoms with Crippen LogP contribution in [-0.2, 0) is 12.8 Å². The van der Waals surface area contributed by atoms with Crippen LogP contribution in [0.25, 0.3) is 0 Å². The van der Waals surface area contributed by atoms with Crippen LogP contribution < -0.4 is 11.3 Å². The Morgan fingerprint density at radius 1 is 1.53 bits per heavy atom. The third kappa shape index (κ3) is 2.37. The van der Waals surface area contributed by atoms with Gasteiger partial charge in [-0.15, -0.1) is 0 Å². The van der Waals surface area contributed by atoms with Crippen LogP contribution in [0, 0.1) is 5.92 Å².